The van der Waals surface area contributed by atoms with E-state index in [0.717, 1.165) is 30.4 Å². The summed E-state index contributed by atoms with van der Waals surface area (Å²) >= 11 is 0. The molecule has 1 aliphatic carbocycles. The molecule has 0 radical (unpaired) electrons. The van der Waals surface area contributed by atoms with E-state index >= 15 is 0 Å². The third kappa shape index (κ3) is 1.84. The van der Waals surface area contributed by atoms with Gasteiger partial charge in [-0.1, -0.05) is 19.3 Å². The number of aldehydes is 1. The van der Waals surface area contributed by atoms with Crippen molar-refractivity contribution in [3.8, 4) is 0 Å². The highest BCUT2D eigenvalue weighted by Gasteiger charge is 2.33. The van der Waals surface area contributed by atoms with Crippen molar-refractivity contribution in [3.63, 3.8) is 0 Å². The van der Waals surface area contributed by atoms with Crippen LogP contribution in [0.5, 0.6) is 0 Å². The molecule has 1 amide bonds. The Morgan fingerprint density at radius 3 is 2.67 bits per heavy atom. The minimum absolute atomic E-state index is 0.194. The first kappa shape index (κ1) is 11.5. The van der Waals surface area contributed by atoms with Gasteiger partial charge in [-0.25, -0.2) is 0 Å². The lowest BCUT2D eigenvalue weighted by atomic mass is 9.94. The van der Waals surface area contributed by atoms with E-state index in [-0.39, 0.29) is 5.91 Å². The number of fused-ring (bicyclic) bond motifs is 1. The summed E-state index contributed by atoms with van der Waals surface area (Å²) in [5.74, 6) is 0.194. The van der Waals surface area contributed by atoms with E-state index in [1.54, 1.807) is 6.07 Å². The zero-order valence-corrected chi connectivity index (χ0v) is 10.4. The lowest BCUT2D eigenvalue weighted by Gasteiger charge is -2.31. The molecular formula is C15H17NO2. The average molecular weight is 243 g/mol. The molecule has 0 N–H and O–H groups in total. The van der Waals surface area contributed by atoms with Crippen molar-refractivity contribution in [1.82, 2.24) is 0 Å². The molecule has 18 heavy (non-hydrogen) atoms. The van der Waals surface area contributed by atoms with Gasteiger partial charge in [0.2, 0.25) is 5.91 Å². The minimum atomic E-state index is 0.194. The molecular weight excluding hydrogens is 226 g/mol. The largest absolute Gasteiger partial charge is 0.309 e. The van der Waals surface area contributed by atoms with Crippen LogP contribution in [0.3, 0.4) is 0 Å². The lowest BCUT2D eigenvalue weighted by molar-refractivity contribution is -0.117. The van der Waals surface area contributed by atoms with Gasteiger partial charge in [0.25, 0.3) is 0 Å². The number of benzene rings is 1. The maximum Gasteiger partial charge on any atom is 0.231 e. The van der Waals surface area contributed by atoms with Crippen LogP contribution in [0.2, 0.25) is 0 Å². The highest BCUT2D eigenvalue weighted by atomic mass is 16.2. The number of hydrogen-bond acceptors (Lipinski definition) is 2. The first-order chi connectivity index (χ1) is 8.79. The third-order valence-electron chi connectivity index (χ3n) is 4.05. The second-order valence-corrected chi connectivity index (χ2v) is 5.24. The molecule has 3 heteroatoms. The SMILES string of the molecule is O=Cc1ccc2c(c1)CC(=O)N2C1CCCCC1. The summed E-state index contributed by atoms with van der Waals surface area (Å²) in [6, 6.07) is 5.96. The standard InChI is InChI=1S/C15H17NO2/c17-10-11-6-7-14-12(8-11)9-15(18)16(14)13-4-2-1-3-5-13/h6-8,10,13H,1-5,9H2. The molecule has 0 saturated heterocycles. The summed E-state index contributed by atoms with van der Waals surface area (Å²) in [7, 11) is 0. The average Bonchev–Trinajstić information content (AvgIpc) is 2.74. The molecule has 3 nitrogen and oxygen atoms in total. The number of amides is 1. The fourth-order valence-electron chi connectivity index (χ4n) is 3.18. The number of carbonyl (C=O) groups excluding carboxylic acids is 2. The van der Waals surface area contributed by atoms with Crippen molar-refractivity contribution < 1.29 is 9.59 Å². The van der Waals surface area contributed by atoms with E-state index in [1.807, 2.05) is 17.0 Å². The highest BCUT2D eigenvalue weighted by Crippen LogP contribution is 2.35. The summed E-state index contributed by atoms with van der Waals surface area (Å²) in [6.45, 7) is 0. The van der Waals surface area contributed by atoms with Crippen LogP contribution in [0, 0.1) is 0 Å². The van der Waals surface area contributed by atoms with Gasteiger partial charge in [0.05, 0.1) is 6.42 Å². The second-order valence-electron chi connectivity index (χ2n) is 5.24. The van der Waals surface area contributed by atoms with E-state index in [1.165, 1.54) is 19.3 Å². The van der Waals surface area contributed by atoms with Crippen molar-refractivity contribution in [1.29, 1.82) is 0 Å². The Balaban J connectivity index is 1.93. The minimum Gasteiger partial charge on any atom is -0.309 e. The van der Waals surface area contributed by atoms with Crippen LogP contribution in [0.4, 0.5) is 5.69 Å². The maximum absolute atomic E-state index is 12.2. The van der Waals surface area contributed by atoms with Crippen molar-refractivity contribution >= 4 is 17.9 Å². The van der Waals surface area contributed by atoms with Gasteiger partial charge in [0, 0.05) is 17.3 Å². The Morgan fingerprint density at radius 1 is 1.17 bits per heavy atom. The molecule has 0 bridgehead atoms. The molecule has 94 valence electrons. The predicted octanol–water partition coefficient (Wildman–Crippen LogP) is 2.72. The second kappa shape index (κ2) is 4.56. The van der Waals surface area contributed by atoms with E-state index in [0.29, 0.717) is 18.0 Å². The van der Waals surface area contributed by atoms with Gasteiger partial charge in [-0.15, -0.1) is 0 Å². The first-order valence-electron chi connectivity index (χ1n) is 6.70. The van der Waals surface area contributed by atoms with Gasteiger partial charge in [-0.3, -0.25) is 9.59 Å². The van der Waals surface area contributed by atoms with E-state index < -0.39 is 0 Å². The van der Waals surface area contributed by atoms with Crippen LogP contribution < -0.4 is 4.90 Å². The molecule has 0 aromatic heterocycles. The van der Waals surface area contributed by atoms with Gasteiger partial charge < -0.3 is 4.90 Å². The molecule has 1 heterocycles. The van der Waals surface area contributed by atoms with Crippen molar-refractivity contribution in [2.75, 3.05) is 4.90 Å². The number of rotatable bonds is 2. The Bertz CT molecular complexity index is 489. The van der Waals surface area contributed by atoms with Crippen LogP contribution in [-0.2, 0) is 11.2 Å². The molecule has 1 fully saturated rings. The Hall–Kier alpha value is -1.64. The Morgan fingerprint density at radius 2 is 1.94 bits per heavy atom. The van der Waals surface area contributed by atoms with Crippen LogP contribution >= 0.6 is 0 Å². The summed E-state index contributed by atoms with van der Waals surface area (Å²) in [4.78, 5) is 24.9. The van der Waals surface area contributed by atoms with Gasteiger partial charge in [0.15, 0.2) is 0 Å². The molecule has 1 saturated carbocycles. The van der Waals surface area contributed by atoms with Gasteiger partial charge in [0.1, 0.15) is 6.29 Å². The molecule has 1 aromatic rings. The number of carbonyl (C=O) groups is 2. The third-order valence-corrected chi connectivity index (χ3v) is 4.05. The van der Waals surface area contributed by atoms with E-state index in [4.69, 9.17) is 0 Å². The summed E-state index contributed by atoms with van der Waals surface area (Å²) in [6.07, 6.45) is 7.24. The first-order valence-corrected chi connectivity index (χ1v) is 6.70. The summed E-state index contributed by atoms with van der Waals surface area (Å²) in [5.41, 5.74) is 2.69. The molecule has 1 aromatic carbocycles. The van der Waals surface area contributed by atoms with Crippen molar-refractivity contribution in [2.45, 2.75) is 44.6 Å². The number of anilines is 1. The topological polar surface area (TPSA) is 37.4 Å². The Labute approximate surface area is 107 Å². The number of nitrogens with zero attached hydrogens (tertiary/aromatic N) is 1. The zero-order valence-electron chi connectivity index (χ0n) is 10.4. The quantitative estimate of drug-likeness (QED) is 0.749. The van der Waals surface area contributed by atoms with Crippen molar-refractivity contribution in [2.24, 2.45) is 0 Å². The fraction of sp³-hybridized carbons (Fsp3) is 0.467. The van der Waals surface area contributed by atoms with Gasteiger partial charge in [-0.05, 0) is 36.6 Å². The van der Waals surface area contributed by atoms with Crippen LogP contribution in [0.1, 0.15) is 48.0 Å². The fourth-order valence-corrected chi connectivity index (χ4v) is 3.18. The molecule has 1 aliphatic heterocycles. The predicted molar refractivity (Wildman–Crippen MR) is 69.9 cm³/mol. The van der Waals surface area contributed by atoms with Crippen molar-refractivity contribution in [3.05, 3.63) is 29.3 Å². The summed E-state index contributed by atoms with van der Waals surface area (Å²) in [5, 5.41) is 0. The smallest absolute Gasteiger partial charge is 0.231 e. The van der Waals surface area contributed by atoms with Crippen LogP contribution in [-0.4, -0.2) is 18.2 Å². The van der Waals surface area contributed by atoms with Gasteiger partial charge in [-0.2, -0.15) is 0 Å². The summed E-state index contributed by atoms with van der Waals surface area (Å²) < 4.78 is 0. The van der Waals surface area contributed by atoms with Gasteiger partial charge >= 0.3 is 0 Å². The molecule has 0 atom stereocenters. The Kier molecular flexibility index (Phi) is 2.90. The lowest BCUT2D eigenvalue weighted by Crippen LogP contribution is -2.39. The van der Waals surface area contributed by atoms with E-state index in [9.17, 15) is 9.59 Å². The zero-order chi connectivity index (χ0) is 12.5. The highest BCUT2D eigenvalue weighted by molar-refractivity contribution is 6.02. The molecule has 0 unspecified atom stereocenters. The van der Waals surface area contributed by atoms with Crippen LogP contribution in [0.25, 0.3) is 0 Å². The molecule has 3 rings (SSSR count). The van der Waals surface area contributed by atoms with E-state index in [2.05, 4.69) is 0 Å². The van der Waals surface area contributed by atoms with Crippen LogP contribution in [0.15, 0.2) is 18.2 Å². The molecule has 2 aliphatic rings. The monoisotopic (exact) mass is 243 g/mol. The maximum atomic E-state index is 12.2. The number of hydrogen-bond donors (Lipinski definition) is 0. The molecule has 0 spiro atoms. The normalized spacial score (nSPS) is 20.0.